The van der Waals surface area contributed by atoms with Crippen LogP contribution in [0.4, 0.5) is 0 Å². The molecule has 0 bridgehead atoms. The zero-order valence-electron chi connectivity index (χ0n) is 25.1. The Morgan fingerprint density at radius 2 is 0.583 bits per heavy atom. The van der Waals surface area contributed by atoms with Gasteiger partial charge in [0.05, 0.1) is 7.85 Å². The number of rotatable bonds is 32. The van der Waals surface area contributed by atoms with Crippen LogP contribution in [0.25, 0.3) is 0 Å². The molecule has 0 rings (SSSR count). The van der Waals surface area contributed by atoms with Crippen LogP contribution >= 0.6 is 0 Å². The second-order valence-corrected chi connectivity index (χ2v) is 11.7. The molecule has 0 fully saturated rings. The van der Waals surface area contributed by atoms with Crippen molar-refractivity contribution in [2.75, 3.05) is 0 Å². The van der Waals surface area contributed by atoms with E-state index in [-0.39, 0.29) is 0 Å². The molecule has 0 unspecified atom stereocenters. The van der Waals surface area contributed by atoms with E-state index < -0.39 is 0 Å². The predicted octanol–water partition coefficient (Wildman–Crippen LogP) is 12.3. The summed E-state index contributed by atoms with van der Waals surface area (Å²) in [5.74, 6) is 0.521. The van der Waals surface area contributed by atoms with Crippen molar-refractivity contribution in [3.63, 3.8) is 0 Å². The average Bonchev–Trinajstić information content (AvgIpc) is 2.88. The van der Waals surface area contributed by atoms with Crippen molar-refractivity contribution in [3.8, 4) is 0 Å². The Labute approximate surface area is 230 Å². The number of ketones is 1. The van der Waals surface area contributed by atoms with Crippen LogP contribution in [0.3, 0.4) is 0 Å². The monoisotopic (exact) mass is 503 g/mol. The first-order valence-corrected chi connectivity index (χ1v) is 17.0. The predicted molar refractivity (Wildman–Crippen MR) is 164 cm³/mol. The molecule has 0 aliphatic rings. The van der Waals surface area contributed by atoms with Crippen LogP contribution in [-0.2, 0) is 4.79 Å². The molecule has 0 aliphatic carbocycles. The summed E-state index contributed by atoms with van der Waals surface area (Å²) in [6, 6.07) is 0. The van der Waals surface area contributed by atoms with E-state index in [1.165, 1.54) is 173 Å². The van der Waals surface area contributed by atoms with Gasteiger partial charge in [-0.25, -0.2) is 0 Å². The lowest BCUT2D eigenvalue weighted by molar-refractivity contribution is -0.119. The van der Waals surface area contributed by atoms with Gasteiger partial charge in [-0.05, 0) is 12.8 Å². The fraction of sp³-hybridized carbons (Fsp3) is 0.971. The third-order valence-corrected chi connectivity index (χ3v) is 7.97. The molecular weight excluding hydrogens is 435 g/mol. The van der Waals surface area contributed by atoms with E-state index in [4.69, 9.17) is 7.85 Å². The average molecular weight is 503 g/mol. The summed E-state index contributed by atoms with van der Waals surface area (Å²) in [6.45, 7) is 2.29. The smallest absolute Gasteiger partial charge is 0.132 e. The summed E-state index contributed by atoms with van der Waals surface area (Å²) >= 11 is 0. The first-order valence-electron chi connectivity index (χ1n) is 17.0. The van der Waals surface area contributed by atoms with Crippen molar-refractivity contribution >= 4 is 13.6 Å². The van der Waals surface area contributed by atoms with Gasteiger partial charge in [0.15, 0.2) is 0 Å². The van der Waals surface area contributed by atoms with Crippen LogP contribution in [0, 0.1) is 0 Å². The van der Waals surface area contributed by atoms with Crippen LogP contribution < -0.4 is 0 Å². The summed E-state index contributed by atoms with van der Waals surface area (Å²) in [5, 5.41) is 0. The maximum absolute atomic E-state index is 12.1. The molecule has 0 saturated carbocycles. The van der Waals surface area contributed by atoms with Gasteiger partial charge in [0.2, 0.25) is 0 Å². The SMILES string of the molecule is [B]CCCCCCCCCCCCCCCCC(=O)CCCCCCCCCCCCCCCCC. The molecule has 0 amide bonds. The summed E-state index contributed by atoms with van der Waals surface area (Å²) in [5.41, 5.74) is 0. The van der Waals surface area contributed by atoms with Crippen LogP contribution in [0.5, 0.6) is 0 Å². The topological polar surface area (TPSA) is 17.1 Å². The molecule has 2 heteroatoms. The summed E-state index contributed by atoms with van der Waals surface area (Å²) in [7, 11) is 5.53. The molecule has 212 valence electrons. The lowest BCUT2D eigenvalue weighted by Gasteiger charge is -2.04. The maximum Gasteiger partial charge on any atom is 0.132 e. The molecule has 0 aliphatic heterocycles. The number of hydrogen-bond donors (Lipinski definition) is 0. The molecular formula is C34H67BO. The summed E-state index contributed by atoms with van der Waals surface area (Å²) < 4.78 is 0. The van der Waals surface area contributed by atoms with Crippen molar-refractivity contribution in [1.82, 2.24) is 0 Å². The summed E-state index contributed by atoms with van der Waals surface area (Å²) in [6.07, 6.45) is 42.2. The molecule has 0 aromatic heterocycles. The Hall–Kier alpha value is -0.265. The van der Waals surface area contributed by atoms with Gasteiger partial charge in [-0.2, -0.15) is 0 Å². The van der Waals surface area contributed by atoms with Gasteiger partial charge < -0.3 is 0 Å². The van der Waals surface area contributed by atoms with Crippen molar-refractivity contribution in [1.29, 1.82) is 0 Å². The third kappa shape index (κ3) is 31.8. The van der Waals surface area contributed by atoms with Gasteiger partial charge in [0.25, 0.3) is 0 Å². The zero-order valence-corrected chi connectivity index (χ0v) is 25.1. The zero-order chi connectivity index (χ0) is 26.2. The number of unbranched alkanes of at least 4 members (excludes halogenated alkanes) is 27. The second-order valence-electron chi connectivity index (χ2n) is 11.7. The molecule has 0 heterocycles. The molecule has 0 aromatic carbocycles. The highest BCUT2D eigenvalue weighted by molar-refractivity contribution is 6.08. The highest BCUT2D eigenvalue weighted by Gasteiger charge is 2.02. The van der Waals surface area contributed by atoms with Crippen LogP contribution in [0.15, 0.2) is 0 Å². The second kappa shape index (κ2) is 32.8. The molecule has 0 saturated heterocycles. The van der Waals surface area contributed by atoms with Crippen molar-refractivity contribution in [3.05, 3.63) is 0 Å². The van der Waals surface area contributed by atoms with Crippen molar-refractivity contribution < 1.29 is 4.79 Å². The minimum atomic E-state index is 0.521. The van der Waals surface area contributed by atoms with E-state index in [1.54, 1.807) is 0 Å². The Bertz CT molecular complexity index is 372. The van der Waals surface area contributed by atoms with E-state index in [2.05, 4.69) is 6.92 Å². The molecule has 0 atom stereocenters. The molecule has 36 heavy (non-hydrogen) atoms. The molecule has 0 N–H and O–H groups in total. The van der Waals surface area contributed by atoms with Gasteiger partial charge >= 0.3 is 0 Å². The fourth-order valence-electron chi connectivity index (χ4n) is 5.41. The van der Waals surface area contributed by atoms with Crippen LogP contribution in [-0.4, -0.2) is 13.6 Å². The van der Waals surface area contributed by atoms with E-state index in [1.807, 2.05) is 0 Å². The number of hydrogen-bond acceptors (Lipinski definition) is 1. The van der Waals surface area contributed by atoms with Crippen LogP contribution in [0.1, 0.15) is 206 Å². The Morgan fingerprint density at radius 1 is 0.361 bits per heavy atom. The van der Waals surface area contributed by atoms with E-state index in [0.29, 0.717) is 5.78 Å². The van der Waals surface area contributed by atoms with Gasteiger partial charge in [0, 0.05) is 12.8 Å². The molecule has 0 aromatic rings. The molecule has 1 nitrogen and oxygen atoms in total. The number of carbonyl (C=O) groups is 1. The minimum Gasteiger partial charge on any atom is -0.300 e. The summed E-state index contributed by atoms with van der Waals surface area (Å²) in [4.78, 5) is 12.1. The van der Waals surface area contributed by atoms with Gasteiger partial charge in [-0.15, -0.1) is 0 Å². The minimum absolute atomic E-state index is 0.521. The quantitative estimate of drug-likeness (QED) is 0.0660. The van der Waals surface area contributed by atoms with E-state index >= 15 is 0 Å². The standard InChI is InChI=1S/C34H67BO/c1-2-3-4-5-6-7-8-9-10-13-16-19-22-25-28-31-34(36)32-29-26-23-20-17-14-11-12-15-18-21-24-27-30-33-35/h2-33H2,1H3. The van der Waals surface area contributed by atoms with Crippen molar-refractivity contribution in [2.45, 2.75) is 212 Å². The Balaban J connectivity index is 3.14. The van der Waals surface area contributed by atoms with E-state index in [9.17, 15) is 4.79 Å². The van der Waals surface area contributed by atoms with Gasteiger partial charge in [-0.3, -0.25) is 4.79 Å². The van der Waals surface area contributed by atoms with Gasteiger partial charge in [0.1, 0.15) is 5.78 Å². The first kappa shape index (κ1) is 35.7. The first-order chi connectivity index (χ1) is 17.8. The van der Waals surface area contributed by atoms with Crippen LogP contribution in [0.2, 0.25) is 6.32 Å². The Morgan fingerprint density at radius 3 is 0.833 bits per heavy atom. The van der Waals surface area contributed by atoms with Gasteiger partial charge in [-0.1, -0.05) is 187 Å². The fourth-order valence-corrected chi connectivity index (χ4v) is 5.41. The highest BCUT2D eigenvalue weighted by Crippen LogP contribution is 2.16. The largest absolute Gasteiger partial charge is 0.300 e. The molecule has 0 spiro atoms. The lowest BCUT2D eigenvalue weighted by Crippen LogP contribution is -1.97. The molecule has 2 radical (unpaired) electrons. The highest BCUT2D eigenvalue weighted by atomic mass is 16.1. The third-order valence-electron chi connectivity index (χ3n) is 7.97. The number of carbonyl (C=O) groups excluding carboxylic acids is 1. The number of Topliss-reactive ketones (excluding diaryl/α,β-unsaturated/α-hetero) is 1. The van der Waals surface area contributed by atoms with Crippen molar-refractivity contribution in [2.24, 2.45) is 0 Å². The van der Waals surface area contributed by atoms with E-state index in [0.717, 1.165) is 32.0 Å². The Kier molecular flexibility index (Phi) is 32.5. The maximum atomic E-state index is 12.1. The lowest BCUT2D eigenvalue weighted by atomic mass is 9.98. The normalized spacial score (nSPS) is 11.4.